The topological polar surface area (TPSA) is 77.4 Å². The van der Waals surface area contributed by atoms with Crippen LogP contribution in [0, 0.1) is 0 Å². The van der Waals surface area contributed by atoms with Crippen molar-refractivity contribution in [2.45, 2.75) is 93.9 Å². The number of rotatable bonds is 16. The van der Waals surface area contributed by atoms with E-state index in [-0.39, 0.29) is 42.9 Å². The fourth-order valence-corrected chi connectivity index (χ4v) is 17.0. The van der Waals surface area contributed by atoms with Crippen LogP contribution in [0.15, 0.2) is 0 Å². The molecule has 0 aliphatic rings. The van der Waals surface area contributed by atoms with Gasteiger partial charge in [0.15, 0.2) is 16.6 Å². The molecular weight excluding hydrogens is 420 g/mol. The van der Waals surface area contributed by atoms with Crippen molar-refractivity contribution in [3.8, 4) is 0 Å². The summed E-state index contributed by atoms with van der Waals surface area (Å²) < 4.78 is 23.7. The van der Waals surface area contributed by atoms with Crippen molar-refractivity contribution in [1.29, 1.82) is 0 Å². The molecule has 0 aliphatic carbocycles. The van der Waals surface area contributed by atoms with Crippen molar-refractivity contribution < 1.29 is 27.9 Å². The highest BCUT2D eigenvalue weighted by Gasteiger charge is 2.39. The Kier molecular flexibility index (Phi) is 27.9. The lowest BCUT2D eigenvalue weighted by molar-refractivity contribution is 0.0922. The van der Waals surface area contributed by atoms with Gasteiger partial charge < -0.3 is 27.9 Å². The fourth-order valence-electron chi connectivity index (χ4n) is 2.99. The number of aliphatic hydroxyl groups is 2. The average Bonchev–Trinajstić information content (AvgIpc) is 2.44. The number of ether oxygens (including phenoxy) is 2. The first-order valence-corrected chi connectivity index (χ1v) is 18.4. The molecule has 0 unspecified atom stereocenters. The molecule has 0 aromatic rings. The summed E-state index contributed by atoms with van der Waals surface area (Å²) in [4.78, 5) is 0. The molecule has 0 amide bonds. The van der Waals surface area contributed by atoms with Gasteiger partial charge in [0.05, 0.1) is 26.4 Å². The van der Waals surface area contributed by atoms with Gasteiger partial charge in [-0.05, 0) is 64.2 Å². The van der Waals surface area contributed by atoms with Gasteiger partial charge in [-0.1, -0.05) is 29.7 Å². The molecule has 0 radical (unpaired) electrons. The fraction of sp³-hybridized carbons (Fsp3) is 1.00. The maximum Gasteiger partial charge on any atom is 0.311 e. The molecule has 0 heterocycles. The zero-order valence-corrected chi connectivity index (χ0v) is 20.1. The van der Waals surface area contributed by atoms with Gasteiger partial charge in [0.25, 0.3) is 0 Å². The highest BCUT2D eigenvalue weighted by molar-refractivity contribution is 6.87. The van der Waals surface area contributed by atoms with Crippen molar-refractivity contribution in [3.63, 3.8) is 0 Å². The summed E-state index contributed by atoms with van der Waals surface area (Å²) in [7, 11) is -5.73. The number of hydrogen-bond donors (Lipinski definition) is 2. The van der Waals surface area contributed by atoms with Crippen molar-refractivity contribution >= 4 is 25.2 Å². The van der Waals surface area contributed by atoms with Crippen molar-refractivity contribution in [2.24, 2.45) is 0 Å². The lowest BCUT2D eigenvalue weighted by Gasteiger charge is -2.38. The minimum Gasteiger partial charge on any atom is -0.437 e. The second kappa shape index (κ2) is 20.3. The van der Waals surface area contributed by atoms with Gasteiger partial charge >= 0.3 is 8.56 Å². The van der Waals surface area contributed by atoms with Crippen molar-refractivity contribution in [1.82, 2.24) is 0 Å². The Balaban J connectivity index is -0.000000480. The molecule has 0 bridgehead atoms. The molecule has 29 heavy (non-hydrogen) atoms. The van der Waals surface area contributed by atoms with Gasteiger partial charge in [0.1, 0.15) is 0 Å². The average molecular weight is 477 g/mol. The van der Waals surface area contributed by atoms with Crippen LogP contribution in [0.25, 0.3) is 0 Å². The minimum atomic E-state index is -2.16. The van der Waals surface area contributed by atoms with E-state index in [4.69, 9.17) is 27.9 Å². The quantitative estimate of drug-likeness (QED) is 0.227. The third-order valence-corrected chi connectivity index (χ3v) is 15.1. The Morgan fingerprint density at radius 1 is 0.552 bits per heavy atom. The van der Waals surface area contributed by atoms with E-state index in [1.165, 1.54) is 0 Å². The first-order chi connectivity index (χ1) is 11.5. The molecule has 0 aromatic carbocycles. The molecule has 0 fully saturated rings. The third kappa shape index (κ3) is 24.6. The van der Waals surface area contributed by atoms with E-state index in [2.05, 4.69) is 39.3 Å². The van der Waals surface area contributed by atoms with Crippen LogP contribution >= 0.6 is 0 Å². The zero-order valence-electron chi connectivity index (χ0n) is 17.1. The first kappa shape index (κ1) is 39.8. The van der Waals surface area contributed by atoms with E-state index in [0.29, 0.717) is 26.4 Å². The Morgan fingerprint density at radius 3 is 1.14 bits per heavy atom. The zero-order chi connectivity index (χ0) is 19.4. The van der Waals surface area contributed by atoms with Gasteiger partial charge in [0, 0.05) is 13.2 Å². The van der Waals surface area contributed by atoms with Crippen LogP contribution in [-0.4, -0.2) is 75.1 Å². The Labute approximate surface area is 186 Å². The summed E-state index contributed by atoms with van der Waals surface area (Å²) in [6.45, 7) is 15.6. The predicted octanol–water partition coefficient (Wildman–Crippen LogP) is 5.47. The molecule has 0 saturated heterocycles. The van der Waals surface area contributed by atoms with Crippen LogP contribution in [0.5, 0.6) is 0 Å². The molecule has 0 aliphatic heterocycles. The molecule has 0 saturated carbocycles. The van der Waals surface area contributed by atoms with Crippen LogP contribution in [0.1, 0.15) is 42.5 Å². The van der Waals surface area contributed by atoms with Gasteiger partial charge in [-0.3, -0.25) is 0 Å². The molecule has 0 rings (SSSR count). The molecule has 6 nitrogen and oxygen atoms in total. The summed E-state index contributed by atoms with van der Waals surface area (Å²) >= 11 is 0. The Morgan fingerprint density at radius 2 is 0.862 bits per heavy atom. The van der Waals surface area contributed by atoms with Crippen LogP contribution < -0.4 is 0 Å². The van der Waals surface area contributed by atoms with Crippen LogP contribution in [0.4, 0.5) is 0 Å². The Bertz CT molecular complexity index is 312. The van der Waals surface area contributed by atoms with E-state index >= 15 is 0 Å². The normalized spacial score (nSPS) is 11.6. The molecule has 184 valence electrons. The first-order valence-electron chi connectivity index (χ1n) is 9.31. The lowest BCUT2D eigenvalue weighted by atomic mass is 10.5. The summed E-state index contributed by atoms with van der Waals surface area (Å²) in [6.07, 6.45) is 1.93. The molecule has 0 spiro atoms. The number of hydrogen-bond acceptors (Lipinski definition) is 6. The van der Waals surface area contributed by atoms with Gasteiger partial charge in [-0.25, -0.2) is 0 Å². The monoisotopic (exact) mass is 476 g/mol. The predicted molar refractivity (Wildman–Crippen MR) is 136 cm³/mol. The second-order valence-electron chi connectivity index (χ2n) is 8.00. The summed E-state index contributed by atoms with van der Waals surface area (Å²) in [5, 5.41) is 17.4. The standard InChI is InChI=1S/C16H40O6Si3.4CH4/c1-23(2,15-7-11-19-13-9-17)21-25(5,6)22-24(3,4)16-8-12-20-14-10-18;;;;/h17-18H,7-16H2,1-6H3;4*1H4. The summed E-state index contributed by atoms with van der Waals surface area (Å²) in [5.74, 6) is 0. The van der Waals surface area contributed by atoms with Gasteiger partial charge in [-0.15, -0.1) is 0 Å². The largest absolute Gasteiger partial charge is 0.437 e. The second-order valence-corrected chi connectivity index (χ2v) is 20.5. The summed E-state index contributed by atoms with van der Waals surface area (Å²) in [6, 6.07) is 2.07. The molecule has 9 heteroatoms. The van der Waals surface area contributed by atoms with E-state index < -0.39 is 25.2 Å². The maximum atomic E-state index is 8.72. The van der Waals surface area contributed by atoms with Gasteiger partial charge in [0.2, 0.25) is 0 Å². The minimum absolute atomic E-state index is 0. The van der Waals surface area contributed by atoms with E-state index in [0.717, 1.165) is 24.9 Å². The highest BCUT2D eigenvalue weighted by atomic mass is 28.5. The van der Waals surface area contributed by atoms with E-state index in [1.54, 1.807) is 0 Å². The third-order valence-electron chi connectivity index (χ3n) is 3.65. The summed E-state index contributed by atoms with van der Waals surface area (Å²) in [5.41, 5.74) is 0. The Hall–Kier alpha value is 0.411. The molecular formula is C20H56O6Si3. The van der Waals surface area contributed by atoms with Gasteiger partial charge in [-0.2, -0.15) is 0 Å². The molecule has 2 N–H and O–H groups in total. The SMILES string of the molecule is C.C.C.C.C[Si](C)(CCCOCCO)O[Si](C)(C)O[Si](C)(C)CCCOCCO. The number of aliphatic hydroxyl groups excluding tert-OH is 2. The van der Waals surface area contributed by atoms with Crippen molar-refractivity contribution in [3.05, 3.63) is 0 Å². The maximum absolute atomic E-state index is 8.72. The van der Waals surface area contributed by atoms with Crippen LogP contribution in [0.3, 0.4) is 0 Å². The van der Waals surface area contributed by atoms with Crippen LogP contribution in [-0.2, 0) is 17.7 Å². The van der Waals surface area contributed by atoms with E-state index in [1.807, 2.05) is 0 Å². The smallest absolute Gasteiger partial charge is 0.311 e. The highest BCUT2D eigenvalue weighted by Crippen LogP contribution is 2.26. The molecule has 0 aromatic heterocycles. The van der Waals surface area contributed by atoms with E-state index in [9.17, 15) is 0 Å². The lowest BCUT2D eigenvalue weighted by Crippen LogP contribution is -2.52. The van der Waals surface area contributed by atoms with Crippen LogP contribution in [0.2, 0.25) is 51.4 Å². The molecule has 0 atom stereocenters. The van der Waals surface area contributed by atoms with Crippen molar-refractivity contribution in [2.75, 3.05) is 39.6 Å².